The molecule has 0 aromatic carbocycles. The van der Waals surface area contributed by atoms with Gasteiger partial charge in [-0.2, -0.15) is 10.4 Å². The number of aliphatic hydroxyl groups excluding tert-OH is 1. The zero-order valence-corrected chi connectivity index (χ0v) is 12.7. The number of likely N-dealkylation sites (N-methyl/N-ethyl adjacent to an activating group) is 1. The summed E-state index contributed by atoms with van der Waals surface area (Å²) in [7, 11) is 3.97. The number of nitriles is 1. The zero-order valence-electron chi connectivity index (χ0n) is 12.7. The summed E-state index contributed by atoms with van der Waals surface area (Å²) in [6.45, 7) is 1.46. The van der Waals surface area contributed by atoms with Crippen LogP contribution in [0.2, 0.25) is 0 Å². The van der Waals surface area contributed by atoms with Crippen molar-refractivity contribution >= 4 is 11.6 Å². The SMILES string of the molecule is CN(C)CCn1nc(NC2CCC(O)CC2)c(C#N)c1N. The van der Waals surface area contributed by atoms with Crippen molar-refractivity contribution in [3.8, 4) is 6.07 Å². The van der Waals surface area contributed by atoms with E-state index in [1.54, 1.807) is 4.68 Å². The number of aliphatic hydroxyl groups is 1. The zero-order chi connectivity index (χ0) is 15.4. The molecule has 0 spiro atoms. The van der Waals surface area contributed by atoms with Crippen LogP contribution in [0.1, 0.15) is 31.2 Å². The summed E-state index contributed by atoms with van der Waals surface area (Å²) in [6, 6.07) is 2.38. The Labute approximate surface area is 125 Å². The van der Waals surface area contributed by atoms with Crippen molar-refractivity contribution in [2.45, 2.75) is 44.4 Å². The molecule has 7 heteroatoms. The van der Waals surface area contributed by atoms with E-state index < -0.39 is 0 Å². The van der Waals surface area contributed by atoms with Crippen molar-refractivity contribution in [1.29, 1.82) is 5.26 Å². The number of anilines is 2. The molecule has 1 aliphatic rings. The molecule has 4 N–H and O–H groups in total. The van der Waals surface area contributed by atoms with E-state index in [9.17, 15) is 10.4 Å². The van der Waals surface area contributed by atoms with E-state index in [-0.39, 0.29) is 12.1 Å². The van der Waals surface area contributed by atoms with Crippen molar-refractivity contribution in [2.75, 3.05) is 31.7 Å². The molecule has 1 saturated carbocycles. The first-order chi connectivity index (χ1) is 10.0. The number of rotatable bonds is 5. The van der Waals surface area contributed by atoms with E-state index >= 15 is 0 Å². The Morgan fingerprint density at radius 2 is 2.10 bits per heavy atom. The Morgan fingerprint density at radius 1 is 1.43 bits per heavy atom. The summed E-state index contributed by atoms with van der Waals surface area (Å²) in [4.78, 5) is 2.04. The number of nitrogen functional groups attached to an aromatic ring is 1. The minimum atomic E-state index is -0.193. The summed E-state index contributed by atoms with van der Waals surface area (Å²) in [6.07, 6.45) is 3.15. The second kappa shape index (κ2) is 6.78. The lowest BCUT2D eigenvalue weighted by Gasteiger charge is -2.26. The van der Waals surface area contributed by atoms with E-state index in [0.29, 0.717) is 23.7 Å². The molecular weight excluding hydrogens is 268 g/mol. The van der Waals surface area contributed by atoms with Crippen LogP contribution in [0, 0.1) is 11.3 Å². The maximum absolute atomic E-state index is 9.54. The number of nitrogens with two attached hydrogens (primary N) is 1. The standard InChI is InChI=1S/C14H24N6O/c1-19(2)7-8-20-13(16)12(9-15)14(18-20)17-10-3-5-11(21)6-4-10/h10-11,21H,3-8,16H2,1-2H3,(H,17,18). The average molecular weight is 292 g/mol. The number of nitrogens with zero attached hydrogens (tertiary/aromatic N) is 4. The summed E-state index contributed by atoms with van der Waals surface area (Å²) in [5.74, 6) is 0.979. The summed E-state index contributed by atoms with van der Waals surface area (Å²) in [5.41, 5.74) is 6.42. The molecule has 2 rings (SSSR count). The molecule has 7 nitrogen and oxygen atoms in total. The van der Waals surface area contributed by atoms with Crippen LogP contribution in [-0.2, 0) is 6.54 Å². The predicted molar refractivity (Wildman–Crippen MR) is 81.8 cm³/mol. The van der Waals surface area contributed by atoms with Gasteiger partial charge in [-0.3, -0.25) is 0 Å². The van der Waals surface area contributed by atoms with Crippen molar-refractivity contribution in [3.05, 3.63) is 5.56 Å². The fourth-order valence-corrected chi connectivity index (χ4v) is 2.56. The maximum Gasteiger partial charge on any atom is 0.168 e. The van der Waals surface area contributed by atoms with Crippen LogP contribution >= 0.6 is 0 Å². The molecule has 0 amide bonds. The van der Waals surface area contributed by atoms with Gasteiger partial charge < -0.3 is 21.1 Å². The quantitative estimate of drug-likeness (QED) is 0.735. The second-order valence-electron chi connectivity index (χ2n) is 5.90. The van der Waals surface area contributed by atoms with Gasteiger partial charge in [0.1, 0.15) is 17.5 Å². The predicted octanol–water partition coefficient (Wildman–Crippen LogP) is 0.614. The third-order valence-corrected chi connectivity index (χ3v) is 3.90. The largest absolute Gasteiger partial charge is 0.393 e. The van der Waals surface area contributed by atoms with Crippen LogP contribution in [-0.4, -0.2) is 52.6 Å². The van der Waals surface area contributed by atoms with Gasteiger partial charge in [0, 0.05) is 12.6 Å². The van der Waals surface area contributed by atoms with Gasteiger partial charge in [0.2, 0.25) is 0 Å². The first-order valence-corrected chi connectivity index (χ1v) is 7.37. The topological polar surface area (TPSA) is 103 Å². The number of hydrogen-bond donors (Lipinski definition) is 3. The van der Waals surface area contributed by atoms with Gasteiger partial charge in [0.15, 0.2) is 5.82 Å². The molecule has 0 radical (unpaired) electrons. The minimum absolute atomic E-state index is 0.193. The Hall–Kier alpha value is -1.78. The normalized spacial score (nSPS) is 22.2. The van der Waals surface area contributed by atoms with E-state index in [0.717, 1.165) is 32.2 Å². The van der Waals surface area contributed by atoms with Crippen LogP contribution in [0.15, 0.2) is 0 Å². The van der Waals surface area contributed by atoms with Crippen molar-refractivity contribution in [3.63, 3.8) is 0 Å². The van der Waals surface area contributed by atoms with E-state index in [4.69, 9.17) is 5.73 Å². The van der Waals surface area contributed by atoms with E-state index in [1.807, 2.05) is 19.0 Å². The van der Waals surface area contributed by atoms with Gasteiger partial charge in [-0.25, -0.2) is 4.68 Å². The van der Waals surface area contributed by atoms with Crippen molar-refractivity contribution in [2.24, 2.45) is 0 Å². The first-order valence-electron chi connectivity index (χ1n) is 7.37. The van der Waals surface area contributed by atoms with Crippen molar-refractivity contribution < 1.29 is 5.11 Å². The molecule has 0 bridgehead atoms. The fraction of sp³-hybridized carbons (Fsp3) is 0.714. The highest BCUT2D eigenvalue weighted by Gasteiger charge is 2.22. The molecule has 1 fully saturated rings. The van der Waals surface area contributed by atoms with Gasteiger partial charge in [-0.05, 0) is 39.8 Å². The van der Waals surface area contributed by atoms with Gasteiger partial charge >= 0.3 is 0 Å². The van der Waals surface area contributed by atoms with Gasteiger partial charge in [0.25, 0.3) is 0 Å². The maximum atomic E-state index is 9.54. The Morgan fingerprint density at radius 3 is 2.67 bits per heavy atom. The highest BCUT2D eigenvalue weighted by molar-refractivity contribution is 5.64. The lowest BCUT2D eigenvalue weighted by Crippen LogP contribution is -2.28. The van der Waals surface area contributed by atoms with Crippen LogP contribution < -0.4 is 11.1 Å². The smallest absolute Gasteiger partial charge is 0.168 e. The molecule has 116 valence electrons. The van der Waals surface area contributed by atoms with Crippen LogP contribution in [0.4, 0.5) is 11.6 Å². The third kappa shape index (κ3) is 3.86. The highest BCUT2D eigenvalue weighted by atomic mass is 16.3. The Bertz CT molecular complexity index is 510. The summed E-state index contributed by atoms with van der Waals surface area (Å²) < 4.78 is 1.68. The van der Waals surface area contributed by atoms with Crippen molar-refractivity contribution in [1.82, 2.24) is 14.7 Å². The fourth-order valence-electron chi connectivity index (χ4n) is 2.56. The molecule has 0 unspecified atom stereocenters. The first kappa shape index (κ1) is 15.6. The molecule has 1 aliphatic carbocycles. The molecule has 0 aliphatic heterocycles. The Balaban J connectivity index is 2.08. The van der Waals surface area contributed by atoms with E-state index in [2.05, 4.69) is 16.5 Å². The molecule has 21 heavy (non-hydrogen) atoms. The lowest BCUT2D eigenvalue weighted by molar-refractivity contribution is 0.126. The third-order valence-electron chi connectivity index (χ3n) is 3.90. The molecule has 1 aromatic rings. The minimum Gasteiger partial charge on any atom is -0.393 e. The molecule has 0 atom stereocenters. The molecule has 0 saturated heterocycles. The number of aromatic nitrogens is 2. The van der Waals surface area contributed by atoms with Gasteiger partial charge in [-0.15, -0.1) is 0 Å². The van der Waals surface area contributed by atoms with E-state index in [1.165, 1.54) is 0 Å². The summed E-state index contributed by atoms with van der Waals surface area (Å²) >= 11 is 0. The second-order valence-corrected chi connectivity index (χ2v) is 5.90. The highest BCUT2D eigenvalue weighted by Crippen LogP contribution is 2.26. The van der Waals surface area contributed by atoms with Crippen LogP contribution in [0.25, 0.3) is 0 Å². The van der Waals surface area contributed by atoms with Crippen LogP contribution in [0.3, 0.4) is 0 Å². The van der Waals surface area contributed by atoms with Crippen LogP contribution in [0.5, 0.6) is 0 Å². The van der Waals surface area contributed by atoms with Gasteiger partial charge in [0.05, 0.1) is 12.6 Å². The average Bonchev–Trinajstić information content (AvgIpc) is 2.74. The number of nitrogens with one attached hydrogen (secondary N) is 1. The molecule has 1 aromatic heterocycles. The lowest BCUT2D eigenvalue weighted by atomic mass is 9.93. The molecule has 1 heterocycles. The van der Waals surface area contributed by atoms with Gasteiger partial charge in [-0.1, -0.05) is 0 Å². The monoisotopic (exact) mass is 292 g/mol. The number of hydrogen-bond acceptors (Lipinski definition) is 6. The summed E-state index contributed by atoms with van der Waals surface area (Å²) in [5, 5.41) is 26.6. The Kier molecular flexibility index (Phi) is 5.04. The molecular formula is C14H24N6O.